The summed E-state index contributed by atoms with van der Waals surface area (Å²) in [7, 11) is -3.92. The number of ether oxygens (including phenoxy) is 1. The molecule has 0 radical (unpaired) electrons. The monoisotopic (exact) mass is 453 g/mol. The van der Waals surface area contributed by atoms with Gasteiger partial charge in [0.25, 0.3) is 11.6 Å². The normalized spacial score (nSPS) is 18.6. The van der Waals surface area contributed by atoms with Crippen molar-refractivity contribution in [3.05, 3.63) is 33.9 Å². The third-order valence-corrected chi connectivity index (χ3v) is 7.89. The highest BCUT2D eigenvalue weighted by molar-refractivity contribution is 7.89. The maximum atomic E-state index is 13.0. The van der Waals surface area contributed by atoms with Crippen molar-refractivity contribution in [2.24, 2.45) is 5.92 Å². The Morgan fingerprint density at radius 2 is 1.84 bits per heavy atom. The minimum absolute atomic E-state index is 0.0957. The molecule has 10 nitrogen and oxygen atoms in total. The van der Waals surface area contributed by atoms with Crippen LogP contribution in [0.15, 0.2) is 23.1 Å². The summed E-state index contributed by atoms with van der Waals surface area (Å²) in [4.78, 5) is 34.5. The lowest BCUT2D eigenvalue weighted by molar-refractivity contribution is -0.385. The molecule has 2 aliphatic rings. The fourth-order valence-electron chi connectivity index (χ4n) is 4.05. The number of esters is 1. The smallest absolute Gasteiger partial charge is 0.309 e. The Morgan fingerprint density at radius 1 is 1.19 bits per heavy atom. The predicted octanol–water partition coefficient (Wildman–Crippen LogP) is 1.91. The van der Waals surface area contributed by atoms with Gasteiger partial charge in [-0.2, -0.15) is 4.31 Å². The number of nitrogens with one attached hydrogen (secondary N) is 1. The fraction of sp³-hybridized carbons (Fsp3) is 0.600. The van der Waals surface area contributed by atoms with Gasteiger partial charge >= 0.3 is 5.97 Å². The third kappa shape index (κ3) is 5.59. The van der Waals surface area contributed by atoms with Gasteiger partial charge < -0.3 is 10.1 Å². The SMILES string of the molecule is Cc1ccc([N+](=O)[O-])cc1S(=O)(=O)N1CCC(C(=O)OCC(=O)NC2CCCC2)CC1. The third-order valence-electron chi connectivity index (χ3n) is 5.85. The van der Waals surface area contributed by atoms with Gasteiger partial charge in [0.1, 0.15) is 0 Å². The minimum Gasteiger partial charge on any atom is -0.455 e. The van der Waals surface area contributed by atoms with E-state index in [1.807, 2.05) is 0 Å². The number of non-ortho nitro benzene ring substituents is 1. The largest absolute Gasteiger partial charge is 0.455 e. The first kappa shape index (κ1) is 23.1. The van der Waals surface area contributed by atoms with Gasteiger partial charge in [-0.05, 0) is 38.2 Å². The van der Waals surface area contributed by atoms with Crippen molar-refractivity contribution in [1.29, 1.82) is 0 Å². The molecule has 0 aromatic heterocycles. The van der Waals surface area contributed by atoms with E-state index in [2.05, 4.69) is 5.32 Å². The number of rotatable bonds is 7. The van der Waals surface area contributed by atoms with Crippen molar-refractivity contribution in [2.45, 2.75) is 56.4 Å². The van der Waals surface area contributed by atoms with Gasteiger partial charge in [0.15, 0.2) is 6.61 Å². The molecule has 170 valence electrons. The van der Waals surface area contributed by atoms with E-state index in [1.165, 1.54) is 16.4 Å². The summed E-state index contributed by atoms with van der Waals surface area (Å²) in [5.74, 6) is -1.32. The molecule has 1 aromatic carbocycles. The summed E-state index contributed by atoms with van der Waals surface area (Å²) in [6.45, 7) is 1.44. The van der Waals surface area contributed by atoms with Gasteiger partial charge in [-0.3, -0.25) is 19.7 Å². The van der Waals surface area contributed by atoms with E-state index in [-0.39, 0.29) is 55.1 Å². The molecule has 1 N–H and O–H groups in total. The fourth-order valence-corrected chi connectivity index (χ4v) is 5.76. The number of hydrogen-bond acceptors (Lipinski definition) is 7. The van der Waals surface area contributed by atoms with Crippen LogP contribution in [0.5, 0.6) is 0 Å². The zero-order valence-corrected chi connectivity index (χ0v) is 18.2. The first-order valence-corrected chi connectivity index (χ1v) is 11.8. The Morgan fingerprint density at radius 3 is 2.45 bits per heavy atom. The lowest BCUT2D eigenvalue weighted by Crippen LogP contribution is -2.41. The number of nitro benzene ring substituents is 1. The molecule has 0 atom stereocenters. The Bertz CT molecular complexity index is 950. The topological polar surface area (TPSA) is 136 Å². The van der Waals surface area contributed by atoms with Crippen molar-refractivity contribution in [3.8, 4) is 0 Å². The summed E-state index contributed by atoms with van der Waals surface area (Å²) < 4.78 is 32.3. The molecule has 11 heteroatoms. The Labute approximate surface area is 181 Å². The first-order valence-electron chi connectivity index (χ1n) is 10.4. The minimum atomic E-state index is -3.92. The maximum absolute atomic E-state index is 13.0. The van der Waals surface area contributed by atoms with E-state index in [0.717, 1.165) is 31.7 Å². The molecular formula is C20H27N3O7S. The van der Waals surface area contributed by atoms with Crippen LogP contribution in [-0.2, 0) is 24.3 Å². The van der Waals surface area contributed by atoms with Crippen molar-refractivity contribution < 1.29 is 27.7 Å². The van der Waals surface area contributed by atoms with Crippen LogP contribution in [0.4, 0.5) is 5.69 Å². The van der Waals surface area contributed by atoms with Crippen molar-refractivity contribution in [1.82, 2.24) is 9.62 Å². The number of aryl methyl sites for hydroxylation is 1. The molecule has 0 spiro atoms. The van der Waals surface area contributed by atoms with Crippen LogP contribution in [0, 0.1) is 23.0 Å². The number of carbonyl (C=O) groups excluding carboxylic acids is 2. The van der Waals surface area contributed by atoms with Crippen molar-refractivity contribution in [3.63, 3.8) is 0 Å². The average molecular weight is 454 g/mol. The number of nitrogens with zero attached hydrogens (tertiary/aromatic N) is 2. The molecule has 1 saturated heterocycles. The highest BCUT2D eigenvalue weighted by Gasteiger charge is 2.34. The van der Waals surface area contributed by atoms with Crippen LogP contribution in [0.25, 0.3) is 0 Å². The molecule has 2 fully saturated rings. The standard InChI is InChI=1S/C20H27N3O7S/c1-14-6-7-17(23(26)27)12-18(14)31(28,29)22-10-8-15(9-11-22)20(25)30-13-19(24)21-16-4-2-3-5-16/h6-7,12,15-16H,2-5,8-11,13H2,1H3,(H,21,24). The van der Waals surface area contributed by atoms with E-state index >= 15 is 0 Å². The zero-order valence-electron chi connectivity index (χ0n) is 17.4. The summed E-state index contributed by atoms with van der Waals surface area (Å²) in [5, 5.41) is 13.9. The van der Waals surface area contributed by atoms with Crippen LogP contribution < -0.4 is 5.32 Å². The lowest BCUT2D eigenvalue weighted by Gasteiger charge is -2.30. The van der Waals surface area contributed by atoms with E-state index in [9.17, 15) is 28.1 Å². The van der Waals surface area contributed by atoms with Gasteiger partial charge in [0, 0.05) is 31.3 Å². The Kier molecular flexibility index (Phi) is 7.26. The van der Waals surface area contributed by atoms with Crippen molar-refractivity contribution >= 4 is 27.6 Å². The molecule has 3 rings (SSSR count). The highest BCUT2D eigenvalue weighted by atomic mass is 32.2. The summed E-state index contributed by atoms with van der Waals surface area (Å²) in [5.41, 5.74) is 0.124. The second kappa shape index (κ2) is 9.73. The molecule has 31 heavy (non-hydrogen) atoms. The van der Waals surface area contributed by atoms with Crippen LogP contribution >= 0.6 is 0 Å². The summed E-state index contributed by atoms with van der Waals surface area (Å²) in [6.07, 6.45) is 4.57. The number of benzene rings is 1. The molecule has 1 aliphatic carbocycles. The molecule has 1 saturated carbocycles. The molecule has 1 amide bonds. The van der Waals surface area contributed by atoms with Crippen LogP contribution in [-0.4, -0.2) is 55.3 Å². The van der Waals surface area contributed by atoms with Gasteiger partial charge in [0.05, 0.1) is 15.7 Å². The average Bonchev–Trinajstić information content (AvgIpc) is 3.25. The number of amides is 1. The first-order chi connectivity index (χ1) is 14.7. The van der Waals surface area contributed by atoms with Crippen molar-refractivity contribution in [2.75, 3.05) is 19.7 Å². The lowest BCUT2D eigenvalue weighted by atomic mass is 9.98. The van der Waals surface area contributed by atoms with Crippen LogP contribution in [0.3, 0.4) is 0 Å². The Balaban J connectivity index is 1.53. The molecule has 1 aromatic rings. The Hall–Kier alpha value is -2.53. The second-order valence-corrected chi connectivity index (χ2v) is 9.95. The van der Waals surface area contributed by atoms with Crippen LogP contribution in [0.1, 0.15) is 44.1 Å². The van der Waals surface area contributed by atoms with Gasteiger partial charge in [0.2, 0.25) is 10.0 Å². The number of carbonyl (C=O) groups is 2. The highest BCUT2D eigenvalue weighted by Crippen LogP contribution is 2.28. The predicted molar refractivity (Wildman–Crippen MR) is 111 cm³/mol. The van der Waals surface area contributed by atoms with Crippen LogP contribution in [0.2, 0.25) is 0 Å². The molecule has 1 heterocycles. The van der Waals surface area contributed by atoms with E-state index in [4.69, 9.17) is 4.74 Å². The van der Waals surface area contributed by atoms with Gasteiger partial charge in [-0.1, -0.05) is 18.9 Å². The zero-order chi connectivity index (χ0) is 22.6. The van der Waals surface area contributed by atoms with E-state index in [0.29, 0.717) is 5.56 Å². The summed E-state index contributed by atoms with van der Waals surface area (Å²) >= 11 is 0. The van der Waals surface area contributed by atoms with E-state index < -0.39 is 26.8 Å². The van der Waals surface area contributed by atoms with Gasteiger partial charge in [-0.25, -0.2) is 8.42 Å². The number of sulfonamides is 1. The summed E-state index contributed by atoms with van der Waals surface area (Å²) in [6, 6.07) is 3.89. The second-order valence-electron chi connectivity index (χ2n) is 8.04. The maximum Gasteiger partial charge on any atom is 0.309 e. The quantitative estimate of drug-likeness (QED) is 0.378. The molecule has 0 unspecified atom stereocenters. The number of nitro groups is 1. The number of hydrogen-bond donors (Lipinski definition) is 1. The van der Waals surface area contributed by atoms with E-state index in [1.54, 1.807) is 6.92 Å². The van der Waals surface area contributed by atoms with Gasteiger partial charge in [-0.15, -0.1) is 0 Å². The molecule has 1 aliphatic heterocycles. The molecular weight excluding hydrogens is 426 g/mol. The number of piperidine rings is 1. The molecule has 0 bridgehead atoms.